The van der Waals surface area contributed by atoms with Crippen molar-refractivity contribution in [2.24, 2.45) is 5.92 Å². The van der Waals surface area contributed by atoms with E-state index in [9.17, 15) is 9.90 Å². The Balaban J connectivity index is 3.84. The van der Waals surface area contributed by atoms with Crippen LogP contribution in [-0.4, -0.2) is 21.8 Å². The van der Waals surface area contributed by atoms with E-state index in [0.717, 1.165) is 19.3 Å². The summed E-state index contributed by atoms with van der Waals surface area (Å²) in [6, 6.07) is 0. The Labute approximate surface area is 92.5 Å². The predicted molar refractivity (Wildman–Crippen MR) is 60.8 cm³/mol. The molecule has 0 aromatic rings. The van der Waals surface area contributed by atoms with E-state index in [-0.39, 0.29) is 0 Å². The van der Waals surface area contributed by atoms with Gasteiger partial charge in [-0.15, -0.1) is 0 Å². The monoisotopic (exact) mass is 216 g/mol. The lowest BCUT2D eigenvalue weighted by Gasteiger charge is -2.25. The van der Waals surface area contributed by atoms with Crippen molar-refractivity contribution >= 4 is 5.97 Å². The largest absolute Gasteiger partial charge is 0.481 e. The van der Waals surface area contributed by atoms with Crippen molar-refractivity contribution < 1.29 is 15.0 Å². The number of aliphatic carboxylic acids is 1. The highest BCUT2D eigenvalue weighted by Crippen LogP contribution is 2.23. The lowest BCUT2D eigenvalue weighted by Crippen LogP contribution is -2.36. The molecule has 0 saturated carbocycles. The molecule has 15 heavy (non-hydrogen) atoms. The Bertz CT molecular complexity index is 182. The van der Waals surface area contributed by atoms with Gasteiger partial charge in [0, 0.05) is 0 Å². The molecule has 90 valence electrons. The summed E-state index contributed by atoms with van der Waals surface area (Å²) in [6.07, 6.45) is 6.08. The van der Waals surface area contributed by atoms with Gasteiger partial charge in [0.15, 0.2) is 0 Å². The van der Waals surface area contributed by atoms with Gasteiger partial charge in [-0.2, -0.15) is 0 Å². The zero-order chi connectivity index (χ0) is 11.9. The second-order valence-electron chi connectivity index (χ2n) is 4.75. The zero-order valence-electron chi connectivity index (χ0n) is 10.1. The molecule has 0 aromatic carbocycles. The van der Waals surface area contributed by atoms with Gasteiger partial charge in [0.25, 0.3) is 0 Å². The quantitative estimate of drug-likeness (QED) is 0.613. The van der Waals surface area contributed by atoms with Crippen LogP contribution in [0.2, 0.25) is 0 Å². The number of carboxylic acids is 1. The molecule has 0 aliphatic carbocycles. The molecule has 0 radical (unpaired) electrons. The second-order valence-corrected chi connectivity index (χ2v) is 4.75. The molecule has 0 rings (SSSR count). The molecule has 0 bridgehead atoms. The molecule has 0 saturated heterocycles. The van der Waals surface area contributed by atoms with E-state index >= 15 is 0 Å². The second kappa shape index (κ2) is 6.83. The number of carbonyl (C=O) groups is 1. The van der Waals surface area contributed by atoms with Crippen molar-refractivity contribution in [1.29, 1.82) is 0 Å². The van der Waals surface area contributed by atoms with Crippen LogP contribution >= 0.6 is 0 Å². The van der Waals surface area contributed by atoms with Gasteiger partial charge < -0.3 is 10.2 Å². The van der Waals surface area contributed by atoms with E-state index in [4.69, 9.17) is 5.11 Å². The summed E-state index contributed by atoms with van der Waals surface area (Å²) in [5.74, 6) is -1.53. The molecule has 0 amide bonds. The number of rotatable bonds is 8. The summed E-state index contributed by atoms with van der Waals surface area (Å²) < 4.78 is 0. The average molecular weight is 216 g/mol. The zero-order valence-corrected chi connectivity index (χ0v) is 10.1. The Morgan fingerprint density at radius 1 is 1.20 bits per heavy atom. The fourth-order valence-electron chi connectivity index (χ4n) is 1.73. The fraction of sp³-hybridized carbons (Fsp3) is 0.917. The first-order valence-corrected chi connectivity index (χ1v) is 5.84. The predicted octanol–water partition coefficient (Wildman–Crippen LogP) is 2.82. The van der Waals surface area contributed by atoms with E-state index < -0.39 is 17.5 Å². The maximum absolute atomic E-state index is 10.9. The van der Waals surface area contributed by atoms with Crippen molar-refractivity contribution in [3.63, 3.8) is 0 Å². The van der Waals surface area contributed by atoms with E-state index in [2.05, 4.69) is 6.92 Å². The van der Waals surface area contributed by atoms with Gasteiger partial charge in [-0.3, -0.25) is 4.79 Å². The maximum atomic E-state index is 10.9. The summed E-state index contributed by atoms with van der Waals surface area (Å²) in [4.78, 5) is 10.9. The molecule has 1 unspecified atom stereocenters. The van der Waals surface area contributed by atoms with Crippen molar-refractivity contribution in [2.45, 2.75) is 64.9 Å². The van der Waals surface area contributed by atoms with Crippen LogP contribution in [0.3, 0.4) is 0 Å². The van der Waals surface area contributed by atoms with E-state index in [1.54, 1.807) is 13.8 Å². The number of carboxylic acid groups (broad SMARTS) is 1. The van der Waals surface area contributed by atoms with E-state index in [1.165, 1.54) is 12.8 Å². The minimum absolute atomic E-state index is 0.572. The fourth-order valence-corrected chi connectivity index (χ4v) is 1.73. The van der Waals surface area contributed by atoms with Gasteiger partial charge in [0.2, 0.25) is 0 Å². The van der Waals surface area contributed by atoms with Crippen LogP contribution in [0, 0.1) is 5.92 Å². The Kier molecular flexibility index (Phi) is 6.57. The summed E-state index contributed by atoms with van der Waals surface area (Å²) in [7, 11) is 0. The molecular formula is C12H24O3. The first-order valence-electron chi connectivity index (χ1n) is 5.84. The van der Waals surface area contributed by atoms with Gasteiger partial charge in [0.1, 0.15) is 0 Å². The van der Waals surface area contributed by atoms with Crippen LogP contribution in [0.5, 0.6) is 0 Å². The molecule has 0 heterocycles. The summed E-state index contributed by atoms with van der Waals surface area (Å²) >= 11 is 0. The number of aliphatic hydroxyl groups is 1. The molecule has 0 aliphatic heterocycles. The maximum Gasteiger partial charge on any atom is 0.309 e. The minimum Gasteiger partial charge on any atom is -0.481 e. The average Bonchev–Trinajstić information content (AvgIpc) is 2.08. The first kappa shape index (κ1) is 14.4. The molecule has 3 heteroatoms. The highest BCUT2D eigenvalue weighted by Gasteiger charge is 2.32. The Morgan fingerprint density at radius 3 is 2.13 bits per heavy atom. The highest BCUT2D eigenvalue weighted by molar-refractivity contribution is 5.71. The minimum atomic E-state index is -1.11. The first-order chi connectivity index (χ1) is 6.89. The van der Waals surface area contributed by atoms with Crippen LogP contribution in [0.4, 0.5) is 0 Å². The van der Waals surface area contributed by atoms with Gasteiger partial charge >= 0.3 is 5.97 Å². The molecule has 0 spiro atoms. The normalized spacial score (nSPS) is 13.9. The lowest BCUT2D eigenvalue weighted by atomic mass is 9.86. The third-order valence-corrected chi connectivity index (χ3v) is 2.75. The highest BCUT2D eigenvalue weighted by atomic mass is 16.4. The summed E-state index contributed by atoms with van der Waals surface area (Å²) in [6.45, 7) is 5.28. The number of unbranched alkanes of at least 4 members (excludes halogenated alkanes) is 4. The van der Waals surface area contributed by atoms with Crippen molar-refractivity contribution in [2.75, 3.05) is 0 Å². The SMILES string of the molecule is CCCCCCCC(C(=O)O)C(C)(C)O. The summed E-state index contributed by atoms with van der Waals surface area (Å²) in [5, 5.41) is 18.6. The molecule has 1 atom stereocenters. The van der Waals surface area contributed by atoms with Crippen LogP contribution < -0.4 is 0 Å². The number of hydrogen-bond acceptors (Lipinski definition) is 2. The molecule has 3 nitrogen and oxygen atoms in total. The lowest BCUT2D eigenvalue weighted by molar-refractivity contribution is -0.150. The van der Waals surface area contributed by atoms with E-state index in [0.29, 0.717) is 6.42 Å². The van der Waals surface area contributed by atoms with Gasteiger partial charge in [0.05, 0.1) is 11.5 Å². The third kappa shape index (κ3) is 6.50. The van der Waals surface area contributed by atoms with Crippen LogP contribution in [0.15, 0.2) is 0 Å². The molecule has 0 fully saturated rings. The summed E-state index contributed by atoms with van der Waals surface area (Å²) in [5.41, 5.74) is -1.11. The van der Waals surface area contributed by atoms with E-state index in [1.807, 2.05) is 0 Å². The molecule has 0 aliphatic rings. The van der Waals surface area contributed by atoms with Crippen LogP contribution in [-0.2, 0) is 4.79 Å². The van der Waals surface area contributed by atoms with Crippen molar-refractivity contribution in [3.05, 3.63) is 0 Å². The molecular weight excluding hydrogens is 192 g/mol. The number of hydrogen-bond donors (Lipinski definition) is 2. The van der Waals surface area contributed by atoms with Gasteiger partial charge in [-0.25, -0.2) is 0 Å². The Morgan fingerprint density at radius 2 is 1.73 bits per heavy atom. The van der Waals surface area contributed by atoms with Crippen molar-refractivity contribution in [3.8, 4) is 0 Å². The molecule has 2 N–H and O–H groups in total. The third-order valence-electron chi connectivity index (χ3n) is 2.75. The van der Waals surface area contributed by atoms with Crippen molar-refractivity contribution in [1.82, 2.24) is 0 Å². The standard InChI is InChI=1S/C12H24O3/c1-4-5-6-7-8-9-10(11(13)14)12(2,3)15/h10,15H,4-9H2,1-3H3,(H,13,14). The molecule has 0 aromatic heterocycles. The smallest absolute Gasteiger partial charge is 0.309 e. The topological polar surface area (TPSA) is 57.5 Å². The van der Waals surface area contributed by atoms with Crippen LogP contribution in [0.1, 0.15) is 59.3 Å². The van der Waals surface area contributed by atoms with Crippen LogP contribution in [0.25, 0.3) is 0 Å². The Hall–Kier alpha value is -0.570. The van der Waals surface area contributed by atoms with Gasteiger partial charge in [-0.05, 0) is 20.3 Å². The van der Waals surface area contributed by atoms with Gasteiger partial charge in [-0.1, -0.05) is 39.0 Å².